The molecule has 13 heavy (non-hydrogen) atoms. The Labute approximate surface area is 79.8 Å². The molecule has 0 saturated carbocycles. The van der Waals surface area contributed by atoms with Crippen LogP contribution >= 0.6 is 0 Å². The second-order valence-electron chi connectivity index (χ2n) is 3.37. The molecule has 2 N–H and O–H groups in total. The van der Waals surface area contributed by atoms with Crippen LogP contribution in [0.15, 0.2) is 25.1 Å². The maximum Gasteiger partial charge on any atom is 0.297 e. The van der Waals surface area contributed by atoms with Gasteiger partial charge in [0.1, 0.15) is 0 Å². The molecule has 0 radical (unpaired) electrons. The molecule has 4 heteroatoms. The molecule has 1 heterocycles. The molecule has 1 aliphatic rings. The molecule has 1 saturated heterocycles. The van der Waals surface area contributed by atoms with E-state index in [9.17, 15) is 0 Å². The first-order valence-electron chi connectivity index (χ1n) is 4.57. The second kappa shape index (κ2) is 4.97. The van der Waals surface area contributed by atoms with E-state index < -0.39 is 0 Å². The lowest BCUT2D eigenvalue weighted by Crippen LogP contribution is -2.40. The standard InChI is InChI=1S/C9H16BNO2/c1-3-11-9-5-4-8(13-10-9)6-7(2)12/h3,8-12H,1-2,4-6H2. The molecule has 1 rings (SSSR count). The maximum atomic E-state index is 8.97. The van der Waals surface area contributed by atoms with Gasteiger partial charge in [-0.1, -0.05) is 13.2 Å². The van der Waals surface area contributed by atoms with Gasteiger partial charge in [0.25, 0.3) is 7.48 Å². The smallest absolute Gasteiger partial charge is 0.297 e. The summed E-state index contributed by atoms with van der Waals surface area (Å²) in [5.41, 5.74) is 0. The second-order valence-corrected chi connectivity index (χ2v) is 3.37. The summed E-state index contributed by atoms with van der Waals surface area (Å²) in [6.07, 6.45) is 4.41. The van der Waals surface area contributed by atoms with E-state index in [2.05, 4.69) is 18.5 Å². The van der Waals surface area contributed by atoms with E-state index in [0.29, 0.717) is 19.8 Å². The molecule has 1 aliphatic heterocycles. The molecule has 3 nitrogen and oxygen atoms in total. The number of rotatable bonds is 4. The number of aliphatic hydroxyl groups is 1. The Bertz CT molecular complexity index is 188. The fraction of sp³-hybridized carbons (Fsp3) is 0.556. The molecule has 72 valence electrons. The Morgan fingerprint density at radius 1 is 1.69 bits per heavy atom. The summed E-state index contributed by atoms with van der Waals surface area (Å²) in [6, 6.07) is 0. The van der Waals surface area contributed by atoms with Crippen LogP contribution in [0.1, 0.15) is 19.3 Å². The summed E-state index contributed by atoms with van der Waals surface area (Å²) in [7, 11) is 0.684. The van der Waals surface area contributed by atoms with Crippen molar-refractivity contribution < 1.29 is 9.76 Å². The van der Waals surface area contributed by atoms with Crippen LogP contribution < -0.4 is 5.32 Å². The fourth-order valence-corrected chi connectivity index (χ4v) is 1.53. The van der Waals surface area contributed by atoms with Crippen molar-refractivity contribution in [3.05, 3.63) is 25.1 Å². The molecule has 0 aliphatic carbocycles. The van der Waals surface area contributed by atoms with Crippen molar-refractivity contribution in [2.75, 3.05) is 0 Å². The van der Waals surface area contributed by atoms with Gasteiger partial charge in [0, 0.05) is 18.5 Å². The predicted molar refractivity (Wildman–Crippen MR) is 54.8 cm³/mol. The van der Waals surface area contributed by atoms with Crippen LogP contribution in [-0.4, -0.2) is 24.6 Å². The maximum absolute atomic E-state index is 8.97. The molecule has 1 fully saturated rings. The van der Waals surface area contributed by atoms with Gasteiger partial charge >= 0.3 is 0 Å². The van der Waals surface area contributed by atoms with E-state index in [1.165, 1.54) is 0 Å². The highest BCUT2D eigenvalue weighted by molar-refractivity contribution is 6.30. The van der Waals surface area contributed by atoms with Crippen molar-refractivity contribution in [1.29, 1.82) is 0 Å². The van der Waals surface area contributed by atoms with Crippen LogP contribution in [0, 0.1) is 0 Å². The highest BCUT2D eigenvalue weighted by Gasteiger charge is 2.22. The molecule has 0 aromatic heterocycles. The monoisotopic (exact) mass is 181 g/mol. The normalized spacial score (nSPS) is 27.4. The first kappa shape index (κ1) is 10.2. The zero-order valence-electron chi connectivity index (χ0n) is 7.83. The van der Waals surface area contributed by atoms with Crippen LogP contribution in [0.4, 0.5) is 0 Å². The summed E-state index contributed by atoms with van der Waals surface area (Å²) in [5.74, 6) is 0.584. The van der Waals surface area contributed by atoms with Gasteiger partial charge in [-0.3, -0.25) is 0 Å². The lowest BCUT2D eigenvalue weighted by molar-refractivity contribution is 0.154. The third-order valence-corrected chi connectivity index (χ3v) is 2.19. The van der Waals surface area contributed by atoms with E-state index in [-0.39, 0.29) is 11.9 Å². The summed E-state index contributed by atoms with van der Waals surface area (Å²) < 4.78 is 5.52. The number of hydrogen-bond acceptors (Lipinski definition) is 3. The molecule has 0 aromatic carbocycles. The van der Waals surface area contributed by atoms with Crippen molar-refractivity contribution in [3.63, 3.8) is 0 Å². The van der Waals surface area contributed by atoms with Gasteiger partial charge in [-0.15, -0.1) is 0 Å². The molecular weight excluding hydrogens is 165 g/mol. The van der Waals surface area contributed by atoms with E-state index >= 15 is 0 Å². The van der Waals surface area contributed by atoms with Crippen LogP contribution in [0.3, 0.4) is 0 Å². The molecule has 0 aromatic rings. The first-order chi connectivity index (χ1) is 6.22. The van der Waals surface area contributed by atoms with Gasteiger partial charge in [0.2, 0.25) is 0 Å². The lowest BCUT2D eigenvalue weighted by Gasteiger charge is -2.28. The van der Waals surface area contributed by atoms with E-state index in [1.54, 1.807) is 6.20 Å². The van der Waals surface area contributed by atoms with Gasteiger partial charge in [0.15, 0.2) is 0 Å². The minimum absolute atomic E-state index is 0.139. The number of aliphatic hydroxyl groups excluding tert-OH is 1. The minimum Gasteiger partial charge on any atom is -0.513 e. The Morgan fingerprint density at radius 3 is 2.92 bits per heavy atom. The summed E-state index contributed by atoms with van der Waals surface area (Å²) in [4.78, 5) is 0. The Morgan fingerprint density at radius 2 is 2.46 bits per heavy atom. The van der Waals surface area contributed by atoms with Crippen molar-refractivity contribution >= 4 is 7.48 Å². The predicted octanol–water partition coefficient (Wildman–Crippen LogP) is 1.04. The SMILES string of the molecule is C=CNC1BOC(CC(=C)O)CC1. The molecule has 2 atom stereocenters. The third-order valence-electron chi connectivity index (χ3n) is 2.19. The van der Waals surface area contributed by atoms with Gasteiger partial charge < -0.3 is 15.1 Å². The molecule has 2 unspecified atom stereocenters. The van der Waals surface area contributed by atoms with Crippen molar-refractivity contribution in [2.24, 2.45) is 0 Å². The van der Waals surface area contributed by atoms with Gasteiger partial charge in [0.05, 0.1) is 5.76 Å². The minimum atomic E-state index is 0.139. The molecule has 0 spiro atoms. The summed E-state index contributed by atoms with van der Waals surface area (Å²) >= 11 is 0. The average molecular weight is 181 g/mol. The fourth-order valence-electron chi connectivity index (χ4n) is 1.53. The topological polar surface area (TPSA) is 41.5 Å². The number of nitrogens with one attached hydrogen (secondary N) is 1. The van der Waals surface area contributed by atoms with Crippen molar-refractivity contribution in [3.8, 4) is 0 Å². The average Bonchev–Trinajstić information content (AvgIpc) is 2.08. The Balaban J connectivity index is 2.22. The number of hydrogen-bond donors (Lipinski definition) is 2. The van der Waals surface area contributed by atoms with Crippen molar-refractivity contribution in [2.45, 2.75) is 31.3 Å². The van der Waals surface area contributed by atoms with Crippen LogP contribution in [0.2, 0.25) is 0 Å². The van der Waals surface area contributed by atoms with Crippen LogP contribution in [-0.2, 0) is 4.65 Å². The van der Waals surface area contributed by atoms with Crippen LogP contribution in [0.5, 0.6) is 0 Å². The molecule has 0 amide bonds. The van der Waals surface area contributed by atoms with E-state index in [1.807, 2.05) is 0 Å². The van der Waals surface area contributed by atoms with Gasteiger partial charge in [-0.05, 0) is 19.0 Å². The summed E-state index contributed by atoms with van der Waals surface area (Å²) in [6.45, 7) is 7.05. The largest absolute Gasteiger partial charge is 0.513 e. The molecule has 0 bridgehead atoms. The zero-order valence-corrected chi connectivity index (χ0v) is 7.83. The molecular formula is C9H16BNO2. The van der Waals surface area contributed by atoms with E-state index in [4.69, 9.17) is 9.76 Å². The Kier molecular flexibility index (Phi) is 3.89. The lowest BCUT2D eigenvalue weighted by atomic mass is 9.79. The van der Waals surface area contributed by atoms with Gasteiger partial charge in [-0.2, -0.15) is 0 Å². The van der Waals surface area contributed by atoms with Crippen LogP contribution in [0.25, 0.3) is 0 Å². The highest BCUT2D eigenvalue weighted by Crippen LogP contribution is 2.16. The quantitative estimate of drug-likeness (QED) is 0.502. The third kappa shape index (κ3) is 3.55. The van der Waals surface area contributed by atoms with Gasteiger partial charge in [-0.25, -0.2) is 0 Å². The highest BCUT2D eigenvalue weighted by atomic mass is 16.4. The van der Waals surface area contributed by atoms with E-state index in [0.717, 1.165) is 12.8 Å². The summed E-state index contributed by atoms with van der Waals surface area (Å²) in [5, 5.41) is 12.1. The first-order valence-corrected chi connectivity index (χ1v) is 4.57. The Hall–Kier alpha value is -0.895. The van der Waals surface area contributed by atoms with Crippen molar-refractivity contribution in [1.82, 2.24) is 5.32 Å². The zero-order chi connectivity index (χ0) is 9.68.